The molecule has 1 heterocycles. The summed E-state index contributed by atoms with van der Waals surface area (Å²) >= 11 is 1.83. The van der Waals surface area contributed by atoms with Crippen molar-refractivity contribution in [1.82, 2.24) is 0 Å². The molecule has 0 amide bonds. The molecule has 0 saturated carbocycles. The van der Waals surface area contributed by atoms with Crippen LogP contribution in [-0.2, 0) is 0 Å². The molecular formula is C16H14S. The van der Waals surface area contributed by atoms with Crippen molar-refractivity contribution in [2.24, 2.45) is 0 Å². The fraction of sp³-hybridized carbons (Fsp3) is 0.125. The number of hydrogen-bond donors (Lipinski definition) is 0. The van der Waals surface area contributed by atoms with Crippen molar-refractivity contribution in [2.45, 2.75) is 13.8 Å². The standard InChI is InChI=1S/C16H14S/c1-11-6-8-13(9-7-11)14-10-17-15-5-3-4-12(2)16(14)15/h3-10H,1-2H3. The summed E-state index contributed by atoms with van der Waals surface area (Å²) in [4.78, 5) is 0. The van der Waals surface area contributed by atoms with Gasteiger partial charge in [-0.1, -0.05) is 42.0 Å². The quantitative estimate of drug-likeness (QED) is 0.547. The number of aryl methyl sites for hydroxylation is 2. The molecule has 0 bridgehead atoms. The molecule has 2 aromatic carbocycles. The van der Waals surface area contributed by atoms with Crippen molar-refractivity contribution < 1.29 is 0 Å². The largest absolute Gasteiger partial charge is 0.143 e. The smallest absolute Gasteiger partial charge is 0.0351 e. The summed E-state index contributed by atoms with van der Waals surface area (Å²) in [6.45, 7) is 4.31. The van der Waals surface area contributed by atoms with E-state index in [-0.39, 0.29) is 0 Å². The van der Waals surface area contributed by atoms with Crippen molar-refractivity contribution in [3.8, 4) is 11.1 Å². The molecule has 0 radical (unpaired) electrons. The highest BCUT2D eigenvalue weighted by molar-refractivity contribution is 7.17. The van der Waals surface area contributed by atoms with E-state index in [0.717, 1.165) is 0 Å². The average Bonchev–Trinajstić information content (AvgIpc) is 2.75. The molecule has 0 N–H and O–H groups in total. The summed E-state index contributed by atoms with van der Waals surface area (Å²) in [5.74, 6) is 0. The maximum Gasteiger partial charge on any atom is 0.0351 e. The van der Waals surface area contributed by atoms with E-state index in [4.69, 9.17) is 0 Å². The molecular weight excluding hydrogens is 224 g/mol. The third kappa shape index (κ3) is 1.77. The van der Waals surface area contributed by atoms with Gasteiger partial charge in [0.25, 0.3) is 0 Å². The van der Waals surface area contributed by atoms with Crippen molar-refractivity contribution in [3.05, 3.63) is 59.0 Å². The first-order chi connectivity index (χ1) is 8.25. The number of rotatable bonds is 1. The second-order valence-corrected chi connectivity index (χ2v) is 5.37. The van der Waals surface area contributed by atoms with Crippen molar-refractivity contribution in [3.63, 3.8) is 0 Å². The third-order valence-corrected chi connectivity index (χ3v) is 4.12. The Morgan fingerprint density at radius 1 is 0.882 bits per heavy atom. The SMILES string of the molecule is Cc1ccc(-c2csc3cccc(C)c23)cc1. The molecule has 0 fully saturated rings. The molecule has 0 atom stereocenters. The van der Waals surface area contributed by atoms with Gasteiger partial charge in [-0.15, -0.1) is 11.3 Å². The van der Waals surface area contributed by atoms with Gasteiger partial charge < -0.3 is 0 Å². The Morgan fingerprint density at radius 2 is 1.65 bits per heavy atom. The fourth-order valence-corrected chi connectivity index (χ4v) is 3.26. The lowest BCUT2D eigenvalue weighted by molar-refractivity contribution is 1.47. The molecule has 3 aromatic rings. The van der Waals surface area contributed by atoms with E-state index in [1.165, 1.54) is 32.3 Å². The molecule has 0 unspecified atom stereocenters. The molecule has 84 valence electrons. The van der Waals surface area contributed by atoms with Gasteiger partial charge in [-0.05, 0) is 36.4 Å². The van der Waals surface area contributed by atoms with Crippen molar-refractivity contribution in [2.75, 3.05) is 0 Å². The first-order valence-electron chi connectivity index (χ1n) is 5.79. The third-order valence-electron chi connectivity index (χ3n) is 3.17. The van der Waals surface area contributed by atoms with E-state index in [1.54, 1.807) is 0 Å². The first-order valence-corrected chi connectivity index (χ1v) is 6.67. The van der Waals surface area contributed by atoms with Crippen LogP contribution in [-0.4, -0.2) is 0 Å². The Hall–Kier alpha value is -1.60. The lowest BCUT2D eigenvalue weighted by Crippen LogP contribution is -1.79. The van der Waals surface area contributed by atoms with E-state index in [2.05, 4.69) is 61.7 Å². The van der Waals surface area contributed by atoms with Crippen LogP contribution in [0.4, 0.5) is 0 Å². The lowest BCUT2D eigenvalue weighted by Gasteiger charge is -2.03. The highest BCUT2D eigenvalue weighted by atomic mass is 32.1. The molecule has 0 aliphatic rings. The monoisotopic (exact) mass is 238 g/mol. The summed E-state index contributed by atoms with van der Waals surface area (Å²) in [6, 6.07) is 15.3. The van der Waals surface area contributed by atoms with Gasteiger partial charge >= 0.3 is 0 Å². The van der Waals surface area contributed by atoms with Crippen LogP contribution in [0, 0.1) is 13.8 Å². The van der Waals surface area contributed by atoms with Gasteiger partial charge in [-0.3, -0.25) is 0 Å². The van der Waals surface area contributed by atoms with E-state index in [9.17, 15) is 0 Å². The van der Waals surface area contributed by atoms with Crippen LogP contribution >= 0.6 is 11.3 Å². The molecule has 0 aliphatic carbocycles. The molecule has 1 heteroatoms. The maximum absolute atomic E-state index is 2.27. The van der Waals surface area contributed by atoms with Crippen molar-refractivity contribution >= 4 is 21.4 Å². The van der Waals surface area contributed by atoms with Crippen LogP contribution in [0.5, 0.6) is 0 Å². The summed E-state index contributed by atoms with van der Waals surface area (Å²) < 4.78 is 1.38. The summed E-state index contributed by atoms with van der Waals surface area (Å²) in [5, 5.41) is 3.67. The zero-order valence-electron chi connectivity index (χ0n) is 10.0. The summed E-state index contributed by atoms with van der Waals surface area (Å²) in [5.41, 5.74) is 5.35. The van der Waals surface area contributed by atoms with Gasteiger partial charge in [-0.2, -0.15) is 0 Å². The normalized spacial score (nSPS) is 10.9. The Kier molecular flexibility index (Phi) is 2.49. The maximum atomic E-state index is 2.27. The van der Waals surface area contributed by atoms with Crippen LogP contribution in [0.3, 0.4) is 0 Å². The van der Waals surface area contributed by atoms with E-state index < -0.39 is 0 Å². The minimum atomic E-state index is 1.31. The van der Waals surface area contributed by atoms with Gasteiger partial charge in [0.15, 0.2) is 0 Å². The molecule has 1 aromatic heterocycles. The van der Waals surface area contributed by atoms with Crippen LogP contribution in [0.1, 0.15) is 11.1 Å². The van der Waals surface area contributed by atoms with Gasteiger partial charge in [0.05, 0.1) is 0 Å². The van der Waals surface area contributed by atoms with Crippen molar-refractivity contribution in [1.29, 1.82) is 0 Å². The van der Waals surface area contributed by atoms with Gasteiger partial charge in [0.2, 0.25) is 0 Å². The second kappa shape index (κ2) is 4.01. The molecule has 3 rings (SSSR count). The fourth-order valence-electron chi connectivity index (χ4n) is 2.21. The van der Waals surface area contributed by atoms with E-state index in [0.29, 0.717) is 0 Å². The predicted octanol–water partition coefficient (Wildman–Crippen LogP) is 5.19. The Bertz CT molecular complexity index is 660. The minimum Gasteiger partial charge on any atom is -0.143 e. The zero-order valence-corrected chi connectivity index (χ0v) is 10.8. The number of hydrogen-bond acceptors (Lipinski definition) is 1. The Balaban J connectivity index is 2.27. The van der Waals surface area contributed by atoms with Crippen LogP contribution < -0.4 is 0 Å². The second-order valence-electron chi connectivity index (χ2n) is 4.46. The van der Waals surface area contributed by atoms with Gasteiger partial charge in [0, 0.05) is 15.6 Å². The van der Waals surface area contributed by atoms with Gasteiger partial charge in [0.1, 0.15) is 0 Å². The molecule has 0 spiro atoms. The van der Waals surface area contributed by atoms with Crippen LogP contribution in [0.25, 0.3) is 21.2 Å². The molecule has 17 heavy (non-hydrogen) atoms. The van der Waals surface area contributed by atoms with E-state index >= 15 is 0 Å². The first kappa shape index (κ1) is 10.5. The highest BCUT2D eigenvalue weighted by Gasteiger charge is 2.07. The van der Waals surface area contributed by atoms with Crippen LogP contribution in [0.2, 0.25) is 0 Å². The zero-order chi connectivity index (χ0) is 11.8. The molecule has 0 saturated heterocycles. The molecule has 0 nitrogen and oxygen atoms in total. The number of benzene rings is 2. The Labute approximate surface area is 106 Å². The van der Waals surface area contributed by atoms with E-state index in [1.807, 2.05) is 11.3 Å². The van der Waals surface area contributed by atoms with Crippen LogP contribution in [0.15, 0.2) is 47.8 Å². The van der Waals surface area contributed by atoms with Gasteiger partial charge in [-0.25, -0.2) is 0 Å². The lowest BCUT2D eigenvalue weighted by atomic mass is 10.0. The Morgan fingerprint density at radius 3 is 2.41 bits per heavy atom. The predicted molar refractivity (Wildman–Crippen MR) is 76.7 cm³/mol. The minimum absolute atomic E-state index is 1.31. The highest BCUT2D eigenvalue weighted by Crippen LogP contribution is 2.35. The number of thiophene rings is 1. The topological polar surface area (TPSA) is 0 Å². The summed E-state index contributed by atoms with van der Waals surface area (Å²) in [7, 11) is 0. The number of fused-ring (bicyclic) bond motifs is 1. The summed E-state index contributed by atoms with van der Waals surface area (Å²) in [6.07, 6.45) is 0. The average molecular weight is 238 g/mol. The molecule has 0 aliphatic heterocycles.